The van der Waals surface area contributed by atoms with Crippen LogP contribution in [0.25, 0.3) is 16.6 Å². The van der Waals surface area contributed by atoms with E-state index >= 15 is 0 Å². The first-order chi connectivity index (χ1) is 25.3. The molecule has 0 aliphatic carbocycles. The van der Waals surface area contributed by atoms with Crippen molar-refractivity contribution in [3.05, 3.63) is 113 Å². The summed E-state index contributed by atoms with van der Waals surface area (Å²) in [5.74, 6) is 8.55. The molecule has 8 heteroatoms. The van der Waals surface area contributed by atoms with Gasteiger partial charge in [0.25, 0.3) is 0 Å². The third kappa shape index (κ3) is 7.11. The molecular weight excluding hydrogens is 651 g/mol. The molecule has 52 heavy (non-hydrogen) atoms. The fourth-order valence-electron chi connectivity index (χ4n) is 8.40. The lowest BCUT2D eigenvalue weighted by atomic mass is 9.68. The van der Waals surface area contributed by atoms with E-state index in [1.54, 1.807) is 6.07 Å². The number of aliphatic hydroxyl groups excluding tert-OH is 1. The minimum Gasteiger partial charge on any atom is -0.504 e. The predicted octanol–water partition coefficient (Wildman–Crippen LogP) is 6.91. The van der Waals surface area contributed by atoms with Crippen molar-refractivity contribution in [2.75, 3.05) is 19.8 Å². The van der Waals surface area contributed by atoms with Crippen LogP contribution in [0.1, 0.15) is 74.1 Å². The molecule has 4 unspecified atom stereocenters. The van der Waals surface area contributed by atoms with E-state index in [-0.39, 0.29) is 29.8 Å². The third-order valence-electron chi connectivity index (χ3n) is 11.4. The monoisotopic (exact) mass is 699 g/mol. The number of nitrogens with two attached hydrogens (primary N) is 1. The first-order valence-electron chi connectivity index (χ1n) is 18.9. The van der Waals surface area contributed by atoms with Crippen LogP contribution < -0.4 is 15.8 Å². The van der Waals surface area contributed by atoms with Gasteiger partial charge in [0.15, 0.2) is 11.5 Å². The number of phenolic OH excluding ortho intramolecular Hbond substituents is 1. The minimum atomic E-state index is -0.535. The zero-order valence-electron chi connectivity index (χ0n) is 29.9. The normalized spacial score (nSPS) is 25.1. The average molecular weight is 700 g/mol. The van der Waals surface area contributed by atoms with E-state index in [1.165, 1.54) is 11.1 Å². The van der Waals surface area contributed by atoms with Crippen molar-refractivity contribution in [3.8, 4) is 23.3 Å². The summed E-state index contributed by atoms with van der Waals surface area (Å²) >= 11 is 0. The smallest absolute Gasteiger partial charge is 0.161 e. The Bertz CT molecular complexity index is 2050. The van der Waals surface area contributed by atoms with Gasteiger partial charge >= 0.3 is 0 Å². The molecule has 4 aliphatic rings. The summed E-state index contributed by atoms with van der Waals surface area (Å²) in [5, 5.41) is 27.8. The second-order valence-electron chi connectivity index (χ2n) is 15.0. The Morgan fingerprint density at radius 1 is 0.962 bits per heavy atom. The highest BCUT2D eigenvalue weighted by Crippen LogP contribution is 2.43. The van der Waals surface area contributed by atoms with Gasteiger partial charge in [-0.25, -0.2) is 0 Å². The number of aromatic hydroxyl groups is 1. The second kappa shape index (κ2) is 14.8. The lowest BCUT2D eigenvalue weighted by molar-refractivity contribution is 0.0168. The number of fused-ring (bicyclic) bond motifs is 6. The summed E-state index contributed by atoms with van der Waals surface area (Å²) in [7, 11) is 0. The number of benzene rings is 3. The number of phenols is 1. The van der Waals surface area contributed by atoms with Gasteiger partial charge < -0.3 is 40.0 Å². The average Bonchev–Trinajstić information content (AvgIpc) is 3.59. The van der Waals surface area contributed by atoms with Crippen LogP contribution in [-0.4, -0.2) is 53.0 Å². The topological polar surface area (TPSA) is 111 Å². The number of rotatable bonds is 2. The summed E-state index contributed by atoms with van der Waals surface area (Å²) in [6.07, 6.45) is 11.5. The standard InChI is InChI=1S/C44H49N3O5/c1-29-6-5-9-37-24-36(48)14-11-30-12-15-40(49)41(20-30)52-27-33-22-35(44(16-18-50-19-17-44)34-7-3-2-4-8-34)21-32-25-47(26-38(32)33)43-39(28-51-37)31(13-10-29)23-42(45)46-43/h2-4,7-8,12,15,20-23,25-26,29,36-37,42,46,48-49H,5-6,9,11,14,16-19,24,27-28,45H2,1H3. The number of aliphatic hydroxyl groups is 1. The molecule has 0 saturated carbocycles. The molecule has 3 aromatic carbocycles. The number of hydrogen-bond acceptors (Lipinski definition) is 7. The molecule has 0 radical (unpaired) electrons. The Morgan fingerprint density at radius 2 is 1.81 bits per heavy atom. The van der Waals surface area contributed by atoms with Crippen LogP contribution >= 0.6 is 0 Å². The van der Waals surface area contributed by atoms with E-state index in [2.05, 4.69) is 83.5 Å². The molecule has 0 spiro atoms. The summed E-state index contributed by atoms with van der Waals surface area (Å²) in [6, 6.07) is 20.9. The van der Waals surface area contributed by atoms with Crippen molar-refractivity contribution < 1.29 is 24.4 Å². The SMILES string of the molecule is CC1C#CC2=CC(N)NC3=C2COC(CCC1)CC(O)CCc1ccc(O)c(c1)OCc1cc(C2(c4ccccc4)CCOCC2)cc2cn3cc12. The molecule has 5 heterocycles. The highest BCUT2D eigenvalue weighted by Gasteiger charge is 2.37. The maximum Gasteiger partial charge on any atom is 0.161 e. The van der Waals surface area contributed by atoms with Gasteiger partial charge in [-0.15, -0.1) is 0 Å². The maximum absolute atomic E-state index is 11.2. The molecule has 4 atom stereocenters. The molecule has 8 rings (SSSR count). The number of nitrogens with zero attached hydrogens (tertiary/aromatic N) is 1. The molecule has 4 aliphatic heterocycles. The zero-order chi connectivity index (χ0) is 35.7. The van der Waals surface area contributed by atoms with Crippen LogP contribution in [0.2, 0.25) is 0 Å². The fraction of sp³-hybridized carbons (Fsp3) is 0.409. The predicted molar refractivity (Wildman–Crippen MR) is 204 cm³/mol. The summed E-state index contributed by atoms with van der Waals surface area (Å²) in [6.45, 7) is 4.14. The van der Waals surface area contributed by atoms with E-state index in [4.69, 9.17) is 19.9 Å². The van der Waals surface area contributed by atoms with Gasteiger partial charge in [-0.1, -0.05) is 61.2 Å². The molecule has 270 valence electrons. The number of hydrogen-bond donors (Lipinski definition) is 4. The number of aryl methyl sites for hydroxylation is 1. The number of aromatic nitrogens is 1. The maximum atomic E-state index is 11.2. The molecule has 5 N–H and O–H groups in total. The molecule has 1 fully saturated rings. The van der Waals surface area contributed by atoms with Crippen LogP contribution in [0.15, 0.2) is 90.3 Å². The highest BCUT2D eigenvalue weighted by atomic mass is 16.5. The van der Waals surface area contributed by atoms with Crippen molar-refractivity contribution in [3.63, 3.8) is 0 Å². The van der Waals surface area contributed by atoms with Crippen molar-refractivity contribution in [1.29, 1.82) is 0 Å². The number of ether oxygens (including phenoxy) is 3. The Hall–Kier alpha value is -4.52. The van der Waals surface area contributed by atoms with E-state index in [0.29, 0.717) is 44.8 Å². The first-order valence-corrected chi connectivity index (χ1v) is 18.9. The molecular formula is C44H49N3O5. The van der Waals surface area contributed by atoms with Gasteiger partial charge in [0, 0.05) is 58.9 Å². The Morgan fingerprint density at radius 3 is 2.65 bits per heavy atom. The summed E-state index contributed by atoms with van der Waals surface area (Å²) < 4.78 is 21.2. The van der Waals surface area contributed by atoms with E-state index in [0.717, 1.165) is 71.0 Å². The Kier molecular flexibility index (Phi) is 9.86. The lowest BCUT2D eigenvalue weighted by Crippen LogP contribution is -2.40. The molecule has 0 amide bonds. The summed E-state index contributed by atoms with van der Waals surface area (Å²) in [4.78, 5) is 0. The molecule has 1 saturated heterocycles. The Labute approximate surface area is 306 Å². The lowest BCUT2D eigenvalue weighted by Gasteiger charge is -2.39. The minimum absolute atomic E-state index is 0.0951. The van der Waals surface area contributed by atoms with E-state index in [1.807, 2.05) is 18.2 Å². The third-order valence-corrected chi connectivity index (χ3v) is 11.4. The van der Waals surface area contributed by atoms with Gasteiger partial charge in [0.05, 0.1) is 25.0 Å². The van der Waals surface area contributed by atoms with Crippen LogP contribution in [0.5, 0.6) is 11.5 Å². The van der Waals surface area contributed by atoms with Gasteiger partial charge in [-0.05, 0) is 97.9 Å². The van der Waals surface area contributed by atoms with Crippen molar-refractivity contribution in [1.82, 2.24) is 9.88 Å². The van der Waals surface area contributed by atoms with Crippen LogP contribution in [-0.2, 0) is 27.9 Å². The van der Waals surface area contributed by atoms with Gasteiger partial charge in [-0.2, -0.15) is 0 Å². The molecule has 1 aromatic heterocycles. The van der Waals surface area contributed by atoms with Crippen LogP contribution in [0.3, 0.4) is 0 Å². The second-order valence-corrected chi connectivity index (χ2v) is 15.0. The van der Waals surface area contributed by atoms with E-state index < -0.39 is 12.3 Å². The number of nitrogens with one attached hydrogen (secondary N) is 1. The van der Waals surface area contributed by atoms with Gasteiger partial charge in [-0.3, -0.25) is 0 Å². The van der Waals surface area contributed by atoms with Gasteiger partial charge in [0.2, 0.25) is 0 Å². The molecule has 6 bridgehead atoms. The van der Waals surface area contributed by atoms with E-state index in [9.17, 15) is 10.2 Å². The van der Waals surface area contributed by atoms with Crippen LogP contribution in [0, 0.1) is 17.8 Å². The van der Waals surface area contributed by atoms with Crippen LogP contribution in [0.4, 0.5) is 0 Å². The van der Waals surface area contributed by atoms with Crippen molar-refractivity contribution in [2.24, 2.45) is 11.7 Å². The zero-order valence-corrected chi connectivity index (χ0v) is 29.9. The van der Waals surface area contributed by atoms with Crippen molar-refractivity contribution >= 4 is 16.6 Å². The quantitative estimate of drug-likeness (QED) is 0.168. The largest absolute Gasteiger partial charge is 0.504 e. The Balaban J connectivity index is 1.32. The highest BCUT2D eigenvalue weighted by molar-refractivity contribution is 5.88. The first kappa shape index (κ1) is 34.6. The summed E-state index contributed by atoms with van der Waals surface area (Å²) in [5.41, 5.74) is 12.8. The van der Waals surface area contributed by atoms with Gasteiger partial charge in [0.1, 0.15) is 12.4 Å². The molecule has 4 aromatic rings. The molecule has 8 nitrogen and oxygen atoms in total. The number of dihydropyridines is 1. The fourth-order valence-corrected chi connectivity index (χ4v) is 8.40. The van der Waals surface area contributed by atoms with Crippen molar-refractivity contribution in [2.45, 2.75) is 88.7 Å².